The fraction of sp³-hybridized carbons (Fsp3) is 0.278. The molecule has 0 N–H and O–H groups in total. The summed E-state index contributed by atoms with van der Waals surface area (Å²) in [6.07, 6.45) is 0. The largest absolute Gasteiger partial charge is 0.497 e. The summed E-state index contributed by atoms with van der Waals surface area (Å²) in [6, 6.07) is 13.4. The average molecular weight is 455 g/mol. The number of carbonyl (C=O) groups excluding carboxylic acids is 1. The van der Waals surface area contributed by atoms with Crippen LogP contribution >= 0.6 is 34.4 Å². The third-order valence-corrected chi connectivity index (χ3v) is 5.91. The topological polar surface area (TPSA) is 38.8 Å². The summed E-state index contributed by atoms with van der Waals surface area (Å²) in [6.45, 7) is 0.723. The molecule has 0 saturated carbocycles. The summed E-state index contributed by atoms with van der Waals surface area (Å²) >= 11 is 3.99. The number of halogens is 1. The van der Waals surface area contributed by atoms with Crippen LogP contribution in [-0.4, -0.2) is 37.3 Å². The van der Waals surface area contributed by atoms with Crippen LogP contribution in [0.25, 0.3) is 0 Å². The lowest BCUT2D eigenvalue weighted by Crippen LogP contribution is -2.30. The molecule has 1 aliphatic rings. The van der Waals surface area contributed by atoms with Crippen molar-refractivity contribution in [2.45, 2.75) is 5.37 Å². The maximum absolute atomic E-state index is 12.9. The Labute approximate surface area is 159 Å². The van der Waals surface area contributed by atoms with Crippen LogP contribution in [0.4, 0.5) is 0 Å². The third kappa shape index (κ3) is 3.49. The van der Waals surface area contributed by atoms with Gasteiger partial charge in [-0.3, -0.25) is 4.79 Å². The van der Waals surface area contributed by atoms with Crippen LogP contribution in [0.5, 0.6) is 11.5 Å². The first-order valence-corrected chi connectivity index (χ1v) is 9.67. The van der Waals surface area contributed by atoms with Crippen LogP contribution in [0.3, 0.4) is 0 Å². The van der Waals surface area contributed by atoms with E-state index in [1.807, 2.05) is 47.4 Å². The number of carbonyl (C=O) groups is 1. The van der Waals surface area contributed by atoms with Gasteiger partial charge in [0, 0.05) is 27.0 Å². The smallest absolute Gasteiger partial charge is 0.255 e. The van der Waals surface area contributed by atoms with Crippen molar-refractivity contribution in [1.29, 1.82) is 0 Å². The van der Waals surface area contributed by atoms with E-state index < -0.39 is 0 Å². The van der Waals surface area contributed by atoms with E-state index in [1.54, 1.807) is 26.0 Å². The molecule has 0 aromatic heterocycles. The lowest BCUT2D eigenvalue weighted by Gasteiger charge is -2.26. The molecule has 2 aromatic carbocycles. The van der Waals surface area contributed by atoms with E-state index in [1.165, 1.54) is 0 Å². The summed E-state index contributed by atoms with van der Waals surface area (Å²) in [5, 5.41) is -0.0678. The van der Waals surface area contributed by atoms with Crippen molar-refractivity contribution in [2.24, 2.45) is 0 Å². The molecule has 0 bridgehead atoms. The van der Waals surface area contributed by atoms with E-state index in [0.717, 1.165) is 32.9 Å². The van der Waals surface area contributed by atoms with Gasteiger partial charge in [0.05, 0.1) is 14.2 Å². The minimum Gasteiger partial charge on any atom is -0.497 e. The molecule has 1 heterocycles. The van der Waals surface area contributed by atoms with E-state index in [2.05, 4.69) is 22.6 Å². The van der Waals surface area contributed by atoms with Crippen molar-refractivity contribution < 1.29 is 14.3 Å². The number of rotatable bonds is 4. The van der Waals surface area contributed by atoms with Crippen LogP contribution in [0.15, 0.2) is 42.5 Å². The second kappa shape index (κ2) is 7.65. The first kappa shape index (κ1) is 17.4. The average Bonchev–Trinajstić information content (AvgIpc) is 3.10. The Kier molecular flexibility index (Phi) is 5.55. The van der Waals surface area contributed by atoms with Crippen molar-refractivity contribution in [2.75, 3.05) is 26.5 Å². The molecule has 1 fully saturated rings. The van der Waals surface area contributed by atoms with E-state index in [0.29, 0.717) is 5.56 Å². The Morgan fingerprint density at radius 2 is 1.92 bits per heavy atom. The second-order valence-corrected chi connectivity index (χ2v) is 7.77. The standard InChI is InChI=1S/C18H18INO3S/c1-22-14-7-8-16(23-2)15(11-14)18-20(9-10-24-18)17(21)12-3-5-13(19)6-4-12/h3-8,11,18H,9-10H2,1-2H3. The summed E-state index contributed by atoms with van der Waals surface area (Å²) in [5.41, 5.74) is 1.68. The Hall–Kier alpha value is -1.41. The number of hydrogen-bond acceptors (Lipinski definition) is 4. The Morgan fingerprint density at radius 3 is 2.58 bits per heavy atom. The van der Waals surface area contributed by atoms with Gasteiger partial charge in [-0.15, -0.1) is 11.8 Å². The number of methoxy groups -OCH3 is 2. The fourth-order valence-electron chi connectivity index (χ4n) is 2.73. The van der Waals surface area contributed by atoms with Crippen LogP contribution in [0.1, 0.15) is 21.3 Å². The summed E-state index contributed by atoms with van der Waals surface area (Å²) < 4.78 is 12.0. The molecule has 3 rings (SSSR count). The van der Waals surface area contributed by atoms with E-state index in [9.17, 15) is 4.79 Å². The van der Waals surface area contributed by atoms with Gasteiger partial charge in [0.2, 0.25) is 0 Å². The molecule has 1 saturated heterocycles. The molecule has 2 aromatic rings. The second-order valence-electron chi connectivity index (χ2n) is 5.34. The van der Waals surface area contributed by atoms with Gasteiger partial charge < -0.3 is 14.4 Å². The zero-order valence-electron chi connectivity index (χ0n) is 13.5. The number of thioether (sulfide) groups is 1. The van der Waals surface area contributed by atoms with Gasteiger partial charge in [-0.2, -0.15) is 0 Å². The lowest BCUT2D eigenvalue weighted by atomic mass is 10.1. The predicted molar refractivity (Wildman–Crippen MR) is 105 cm³/mol. The molecule has 4 nitrogen and oxygen atoms in total. The maximum Gasteiger partial charge on any atom is 0.255 e. The Balaban J connectivity index is 1.93. The van der Waals surface area contributed by atoms with Crippen molar-refractivity contribution in [3.8, 4) is 11.5 Å². The zero-order valence-corrected chi connectivity index (χ0v) is 16.5. The van der Waals surface area contributed by atoms with Gasteiger partial charge in [-0.1, -0.05) is 0 Å². The number of amides is 1. The van der Waals surface area contributed by atoms with Gasteiger partial charge in [0.1, 0.15) is 16.9 Å². The normalized spacial score (nSPS) is 17.0. The molecule has 0 aliphatic carbocycles. The number of ether oxygens (including phenoxy) is 2. The molecular formula is C18H18INO3S. The van der Waals surface area contributed by atoms with Crippen LogP contribution in [0.2, 0.25) is 0 Å². The number of benzene rings is 2. The molecule has 6 heteroatoms. The minimum absolute atomic E-state index is 0.0475. The third-order valence-electron chi connectivity index (χ3n) is 3.95. The fourth-order valence-corrected chi connectivity index (χ4v) is 4.36. The molecule has 1 unspecified atom stereocenters. The van der Waals surface area contributed by atoms with Gasteiger partial charge in [-0.05, 0) is 65.1 Å². The summed E-state index contributed by atoms with van der Waals surface area (Å²) in [5.74, 6) is 2.49. The number of hydrogen-bond donors (Lipinski definition) is 0. The van der Waals surface area contributed by atoms with E-state index in [4.69, 9.17) is 9.47 Å². The quantitative estimate of drug-likeness (QED) is 0.649. The Morgan fingerprint density at radius 1 is 1.17 bits per heavy atom. The Bertz CT molecular complexity index is 736. The SMILES string of the molecule is COc1ccc(OC)c(C2SCCN2C(=O)c2ccc(I)cc2)c1. The maximum atomic E-state index is 12.9. The van der Waals surface area contributed by atoms with Gasteiger partial charge in [0.25, 0.3) is 5.91 Å². The highest BCUT2D eigenvalue weighted by molar-refractivity contribution is 14.1. The highest BCUT2D eigenvalue weighted by Crippen LogP contribution is 2.43. The van der Waals surface area contributed by atoms with Crippen molar-refractivity contribution in [1.82, 2.24) is 4.90 Å². The highest BCUT2D eigenvalue weighted by Gasteiger charge is 2.33. The molecule has 24 heavy (non-hydrogen) atoms. The monoisotopic (exact) mass is 455 g/mol. The van der Waals surface area contributed by atoms with Gasteiger partial charge in [-0.25, -0.2) is 0 Å². The predicted octanol–water partition coefficient (Wildman–Crippen LogP) is 4.20. The zero-order chi connectivity index (χ0) is 17.1. The van der Waals surface area contributed by atoms with Crippen molar-refractivity contribution in [3.63, 3.8) is 0 Å². The van der Waals surface area contributed by atoms with Crippen molar-refractivity contribution >= 4 is 40.3 Å². The van der Waals surface area contributed by atoms with Crippen molar-refractivity contribution in [3.05, 3.63) is 57.2 Å². The summed E-state index contributed by atoms with van der Waals surface area (Å²) in [7, 11) is 3.29. The van der Waals surface area contributed by atoms with Crippen LogP contribution < -0.4 is 9.47 Å². The molecule has 0 radical (unpaired) electrons. The van der Waals surface area contributed by atoms with Crippen LogP contribution in [-0.2, 0) is 0 Å². The number of nitrogens with zero attached hydrogens (tertiary/aromatic N) is 1. The first-order valence-electron chi connectivity index (χ1n) is 7.54. The van der Waals surface area contributed by atoms with Gasteiger partial charge >= 0.3 is 0 Å². The molecular weight excluding hydrogens is 437 g/mol. The molecule has 126 valence electrons. The summed E-state index contributed by atoms with van der Waals surface area (Å²) in [4.78, 5) is 14.8. The van der Waals surface area contributed by atoms with E-state index in [-0.39, 0.29) is 11.3 Å². The first-order chi connectivity index (χ1) is 11.6. The minimum atomic E-state index is -0.0678. The molecule has 1 aliphatic heterocycles. The van der Waals surface area contributed by atoms with Crippen LogP contribution in [0, 0.1) is 3.57 Å². The molecule has 0 spiro atoms. The van der Waals surface area contributed by atoms with Gasteiger partial charge in [0.15, 0.2) is 0 Å². The lowest BCUT2D eigenvalue weighted by molar-refractivity contribution is 0.0759. The molecule has 1 atom stereocenters. The van der Waals surface area contributed by atoms with E-state index >= 15 is 0 Å². The molecule has 1 amide bonds. The highest BCUT2D eigenvalue weighted by atomic mass is 127.